The molecule has 0 N–H and O–H groups in total. The van der Waals surface area contributed by atoms with Gasteiger partial charge in [-0.1, -0.05) is 13.2 Å². The van der Waals surface area contributed by atoms with E-state index in [0.29, 0.717) is 26.2 Å². The lowest BCUT2D eigenvalue weighted by molar-refractivity contribution is -0.150. The normalized spacial score (nSPS) is 13.7. The first kappa shape index (κ1) is 36.9. The van der Waals surface area contributed by atoms with E-state index in [1.807, 2.05) is 9.80 Å². The quantitative estimate of drug-likeness (QED) is 0.0460. The third-order valence-electron chi connectivity index (χ3n) is 5.52. The first-order valence-corrected chi connectivity index (χ1v) is 13.3. The van der Waals surface area contributed by atoms with Gasteiger partial charge in [-0.05, 0) is 50.6 Å². The number of carbonyl (C=O) groups excluding carboxylic acids is 6. The lowest BCUT2D eigenvalue weighted by Gasteiger charge is -2.33. The molecular weight excluding hydrogens is 580 g/mol. The van der Waals surface area contributed by atoms with Crippen molar-refractivity contribution in [2.45, 2.75) is 13.8 Å². The number of methoxy groups -OCH3 is 2. The molecule has 1 aliphatic heterocycles. The van der Waals surface area contributed by atoms with Gasteiger partial charge < -0.3 is 38.2 Å². The average Bonchev–Trinajstić information content (AvgIpc) is 3.01. The van der Waals surface area contributed by atoms with Crippen molar-refractivity contribution in [3.8, 4) is 0 Å². The second-order valence-electron chi connectivity index (χ2n) is 9.00. The van der Waals surface area contributed by atoms with Crippen LogP contribution in [0.3, 0.4) is 0 Å². The minimum atomic E-state index is -0.933. The van der Waals surface area contributed by atoms with Gasteiger partial charge in [0.1, 0.15) is 37.6 Å². The van der Waals surface area contributed by atoms with Crippen LogP contribution in [0.1, 0.15) is 13.8 Å². The minimum absolute atomic E-state index is 0.195. The fraction of sp³-hybridized carbons (Fsp3) is 0.400. The number of allylic oxidation sites excluding steroid dienone is 4. The maximum atomic E-state index is 12.3. The molecule has 0 aliphatic carbocycles. The fourth-order valence-corrected chi connectivity index (χ4v) is 3.16. The van der Waals surface area contributed by atoms with Crippen LogP contribution in [0, 0.1) is 0 Å². The van der Waals surface area contributed by atoms with Gasteiger partial charge in [-0.2, -0.15) is 0 Å². The van der Waals surface area contributed by atoms with E-state index in [0.717, 1.165) is 14.2 Å². The number of carbonyl (C=O) groups is 6. The molecule has 0 amide bonds. The molecule has 0 atom stereocenters. The van der Waals surface area contributed by atoms with Gasteiger partial charge >= 0.3 is 35.8 Å². The standard InChI is InChI=1S/C30H38N2O12/c1-21(2)25(33)41-17-19-43-29(37)23(27(35)39-5)9-7-11-31-13-15-32(16-14-31)12-8-10-24(28(36)40-6)30(38)44-20-18-42-26(34)22(3)4/h7-12H,1,3,13-20H2,2,4-6H3. The maximum absolute atomic E-state index is 12.3. The van der Waals surface area contributed by atoms with E-state index in [-0.39, 0.29) is 48.7 Å². The summed E-state index contributed by atoms with van der Waals surface area (Å²) < 4.78 is 28.9. The van der Waals surface area contributed by atoms with Crippen molar-refractivity contribution in [1.82, 2.24) is 9.80 Å². The van der Waals surface area contributed by atoms with E-state index in [1.165, 1.54) is 38.2 Å². The highest BCUT2D eigenvalue weighted by Crippen LogP contribution is 2.08. The van der Waals surface area contributed by atoms with E-state index in [4.69, 9.17) is 18.9 Å². The summed E-state index contributed by atoms with van der Waals surface area (Å²) in [6.45, 7) is 11.3. The number of hydrogen-bond donors (Lipinski definition) is 0. The van der Waals surface area contributed by atoms with Crippen molar-refractivity contribution in [3.05, 3.63) is 72.2 Å². The molecule has 0 unspecified atom stereocenters. The van der Waals surface area contributed by atoms with E-state index < -0.39 is 35.8 Å². The number of rotatable bonds is 16. The topological polar surface area (TPSA) is 164 Å². The summed E-state index contributed by atoms with van der Waals surface area (Å²) in [5.74, 6) is -4.88. The van der Waals surface area contributed by atoms with E-state index in [1.54, 1.807) is 12.4 Å². The molecule has 44 heavy (non-hydrogen) atoms. The maximum Gasteiger partial charge on any atom is 0.345 e. The van der Waals surface area contributed by atoms with E-state index in [9.17, 15) is 28.8 Å². The highest BCUT2D eigenvalue weighted by molar-refractivity contribution is 6.14. The summed E-state index contributed by atoms with van der Waals surface area (Å²) >= 11 is 0. The molecule has 1 fully saturated rings. The van der Waals surface area contributed by atoms with Crippen LogP contribution in [-0.4, -0.2) is 112 Å². The lowest BCUT2D eigenvalue weighted by atomic mass is 10.2. The molecule has 0 aromatic carbocycles. The van der Waals surface area contributed by atoms with Gasteiger partial charge in [0, 0.05) is 37.3 Å². The third kappa shape index (κ3) is 13.7. The van der Waals surface area contributed by atoms with Crippen LogP contribution < -0.4 is 0 Å². The Kier molecular flexibility index (Phi) is 16.7. The predicted molar refractivity (Wildman–Crippen MR) is 155 cm³/mol. The second-order valence-corrected chi connectivity index (χ2v) is 9.00. The number of ether oxygens (including phenoxy) is 6. The second kappa shape index (κ2) is 19.9. The number of hydrogen-bond acceptors (Lipinski definition) is 14. The molecule has 14 heteroatoms. The van der Waals surface area contributed by atoms with Crippen LogP contribution in [0.25, 0.3) is 0 Å². The van der Waals surface area contributed by atoms with Gasteiger partial charge in [0.25, 0.3) is 0 Å². The van der Waals surface area contributed by atoms with Crippen LogP contribution >= 0.6 is 0 Å². The van der Waals surface area contributed by atoms with Gasteiger partial charge in [0.2, 0.25) is 0 Å². The van der Waals surface area contributed by atoms with Crippen molar-refractivity contribution in [2.24, 2.45) is 0 Å². The Balaban J connectivity index is 2.66. The zero-order chi connectivity index (χ0) is 33.1. The summed E-state index contributed by atoms with van der Waals surface area (Å²) in [5, 5.41) is 0. The predicted octanol–water partition coefficient (Wildman–Crippen LogP) is 1.16. The molecule has 0 saturated carbocycles. The average molecular weight is 619 g/mol. The third-order valence-corrected chi connectivity index (χ3v) is 5.52. The van der Waals surface area contributed by atoms with Gasteiger partial charge in [0.05, 0.1) is 14.2 Å². The van der Waals surface area contributed by atoms with Crippen LogP contribution in [0.4, 0.5) is 0 Å². The Bertz CT molecular complexity index is 1130. The zero-order valence-electron chi connectivity index (χ0n) is 25.3. The van der Waals surface area contributed by atoms with Gasteiger partial charge in [-0.3, -0.25) is 0 Å². The number of piperazine rings is 1. The first-order valence-electron chi connectivity index (χ1n) is 13.3. The summed E-state index contributed by atoms with van der Waals surface area (Å²) in [6, 6.07) is 0. The van der Waals surface area contributed by atoms with Crippen molar-refractivity contribution < 1.29 is 57.2 Å². The Morgan fingerprint density at radius 3 is 1.11 bits per heavy atom. The van der Waals surface area contributed by atoms with Gasteiger partial charge in [0.15, 0.2) is 0 Å². The summed E-state index contributed by atoms with van der Waals surface area (Å²) in [6.07, 6.45) is 8.95. The molecule has 0 aromatic heterocycles. The Labute approximate surface area is 255 Å². The first-order chi connectivity index (χ1) is 20.9. The molecule has 14 nitrogen and oxygen atoms in total. The van der Waals surface area contributed by atoms with Crippen molar-refractivity contribution in [3.63, 3.8) is 0 Å². The molecule has 240 valence electrons. The number of nitrogens with zero attached hydrogens (tertiary/aromatic N) is 2. The molecule has 0 radical (unpaired) electrons. The summed E-state index contributed by atoms with van der Waals surface area (Å²) in [7, 11) is 2.26. The Morgan fingerprint density at radius 1 is 0.545 bits per heavy atom. The van der Waals surface area contributed by atoms with Crippen LogP contribution in [0.2, 0.25) is 0 Å². The van der Waals surface area contributed by atoms with Crippen molar-refractivity contribution >= 4 is 35.8 Å². The molecule has 1 saturated heterocycles. The molecule has 1 heterocycles. The van der Waals surface area contributed by atoms with Crippen LogP contribution in [0.15, 0.2) is 72.2 Å². The molecule has 1 aliphatic rings. The number of esters is 6. The van der Waals surface area contributed by atoms with E-state index in [2.05, 4.69) is 22.6 Å². The monoisotopic (exact) mass is 618 g/mol. The summed E-state index contributed by atoms with van der Waals surface area (Å²) in [4.78, 5) is 75.4. The Morgan fingerprint density at radius 2 is 0.841 bits per heavy atom. The van der Waals surface area contributed by atoms with Crippen molar-refractivity contribution in [1.29, 1.82) is 0 Å². The van der Waals surface area contributed by atoms with Gasteiger partial charge in [-0.15, -0.1) is 0 Å². The van der Waals surface area contributed by atoms with E-state index >= 15 is 0 Å². The largest absolute Gasteiger partial charge is 0.465 e. The fourth-order valence-electron chi connectivity index (χ4n) is 3.16. The zero-order valence-corrected chi connectivity index (χ0v) is 25.3. The van der Waals surface area contributed by atoms with Crippen LogP contribution in [0.5, 0.6) is 0 Å². The van der Waals surface area contributed by atoms with Crippen LogP contribution in [-0.2, 0) is 57.2 Å². The smallest absolute Gasteiger partial charge is 0.345 e. The Hall–Kier alpha value is -5.14. The molecule has 0 spiro atoms. The highest BCUT2D eigenvalue weighted by Gasteiger charge is 2.21. The van der Waals surface area contributed by atoms with Gasteiger partial charge in [-0.25, -0.2) is 28.8 Å². The minimum Gasteiger partial charge on any atom is -0.465 e. The lowest BCUT2D eigenvalue weighted by Crippen LogP contribution is -2.41. The molecule has 0 aromatic rings. The molecular formula is C30H38N2O12. The SMILES string of the molecule is C=C(C)C(=O)OCCOC(=O)C(=CC=CN1CCN(C=CC=C(C(=O)OC)C(=O)OCCOC(=O)C(=C)C)CC1)C(=O)OC. The summed E-state index contributed by atoms with van der Waals surface area (Å²) in [5.41, 5.74) is -0.269. The molecule has 0 bridgehead atoms. The highest BCUT2D eigenvalue weighted by atomic mass is 16.6. The molecule has 1 rings (SSSR count). The van der Waals surface area contributed by atoms with Crippen molar-refractivity contribution in [2.75, 3.05) is 66.8 Å².